The molecular formula is C18H21N3O2. The number of hydrogen-bond donors (Lipinski definition) is 2. The summed E-state index contributed by atoms with van der Waals surface area (Å²) in [5.74, 6) is 1.00. The van der Waals surface area contributed by atoms with E-state index in [1.54, 1.807) is 30.5 Å². The van der Waals surface area contributed by atoms with E-state index in [-0.39, 0.29) is 5.91 Å². The molecular weight excluding hydrogens is 290 g/mol. The lowest BCUT2D eigenvalue weighted by molar-refractivity contribution is 0.0955. The molecule has 5 heteroatoms. The van der Waals surface area contributed by atoms with Crippen LogP contribution in [-0.2, 0) is 0 Å². The highest BCUT2D eigenvalue weighted by Crippen LogP contribution is 2.12. The van der Waals surface area contributed by atoms with Gasteiger partial charge < -0.3 is 10.5 Å². The summed E-state index contributed by atoms with van der Waals surface area (Å²) in [6.07, 6.45) is 1.58. The molecule has 0 spiro atoms. The molecule has 120 valence electrons. The van der Waals surface area contributed by atoms with Crippen LogP contribution in [-0.4, -0.2) is 18.7 Å². The maximum Gasteiger partial charge on any atom is 0.271 e. The highest BCUT2D eigenvalue weighted by Gasteiger charge is 2.03. The van der Waals surface area contributed by atoms with Crippen LogP contribution in [0.5, 0.6) is 5.75 Å². The first-order valence-electron chi connectivity index (χ1n) is 7.46. The van der Waals surface area contributed by atoms with Crippen molar-refractivity contribution >= 4 is 17.8 Å². The van der Waals surface area contributed by atoms with E-state index in [1.807, 2.05) is 24.3 Å². The van der Waals surface area contributed by atoms with Gasteiger partial charge in [-0.25, -0.2) is 5.43 Å². The summed E-state index contributed by atoms with van der Waals surface area (Å²) in [7, 11) is 0. The number of benzene rings is 2. The summed E-state index contributed by atoms with van der Waals surface area (Å²) >= 11 is 0. The van der Waals surface area contributed by atoms with Gasteiger partial charge in [0, 0.05) is 11.3 Å². The first-order chi connectivity index (χ1) is 11.0. The Morgan fingerprint density at radius 2 is 2.00 bits per heavy atom. The third kappa shape index (κ3) is 5.47. The summed E-state index contributed by atoms with van der Waals surface area (Å²) in [5.41, 5.74) is 10.00. The van der Waals surface area contributed by atoms with Gasteiger partial charge in [0.05, 0.1) is 12.8 Å². The number of rotatable bonds is 6. The van der Waals surface area contributed by atoms with E-state index in [0.29, 0.717) is 23.8 Å². The van der Waals surface area contributed by atoms with E-state index < -0.39 is 0 Å². The maximum absolute atomic E-state index is 11.9. The van der Waals surface area contributed by atoms with Gasteiger partial charge in [-0.3, -0.25) is 4.79 Å². The molecule has 0 saturated heterocycles. The number of nitrogen functional groups attached to an aromatic ring is 1. The van der Waals surface area contributed by atoms with Crippen LogP contribution in [0.25, 0.3) is 0 Å². The van der Waals surface area contributed by atoms with E-state index >= 15 is 0 Å². The molecule has 0 heterocycles. The zero-order valence-corrected chi connectivity index (χ0v) is 13.3. The number of nitrogens with two attached hydrogens (primary N) is 1. The SMILES string of the molecule is CC(C)COc1ccc(/C=N\NC(=O)c2cccc(N)c2)cc1. The van der Waals surface area contributed by atoms with Gasteiger partial charge in [0.2, 0.25) is 0 Å². The molecule has 0 aliphatic heterocycles. The average Bonchev–Trinajstić information content (AvgIpc) is 2.54. The Bertz CT molecular complexity index is 679. The fourth-order valence-corrected chi connectivity index (χ4v) is 1.82. The smallest absolute Gasteiger partial charge is 0.271 e. The van der Waals surface area contributed by atoms with Gasteiger partial charge in [0.1, 0.15) is 5.75 Å². The molecule has 0 bridgehead atoms. The topological polar surface area (TPSA) is 76.7 Å². The van der Waals surface area contributed by atoms with E-state index in [9.17, 15) is 4.79 Å². The quantitative estimate of drug-likeness (QED) is 0.489. The Kier molecular flexibility index (Phi) is 5.74. The summed E-state index contributed by atoms with van der Waals surface area (Å²) in [4.78, 5) is 11.9. The first kappa shape index (κ1) is 16.5. The lowest BCUT2D eigenvalue weighted by atomic mass is 10.2. The third-order valence-electron chi connectivity index (χ3n) is 2.99. The molecule has 0 aliphatic carbocycles. The van der Waals surface area contributed by atoms with Crippen molar-refractivity contribution in [3.63, 3.8) is 0 Å². The van der Waals surface area contributed by atoms with Gasteiger partial charge in [-0.2, -0.15) is 5.10 Å². The van der Waals surface area contributed by atoms with Crippen molar-refractivity contribution in [2.24, 2.45) is 11.0 Å². The first-order valence-corrected chi connectivity index (χ1v) is 7.46. The standard InChI is InChI=1S/C18H21N3O2/c1-13(2)12-23-17-8-6-14(7-9-17)11-20-21-18(22)15-4-3-5-16(19)10-15/h3-11,13H,12,19H2,1-2H3,(H,21,22)/b20-11-. The van der Waals surface area contributed by atoms with Crippen LogP contribution >= 0.6 is 0 Å². The van der Waals surface area contributed by atoms with E-state index in [4.69, 9.17) is 10.5 Å². The molecule has 0 aromatic heterocycles. The zero-order chi connectivity index (χ0) is 16.7. The summed E-state index contributed by atoms with van der Waals surface area (Å²) < 4.78 is 5.61. The average molecular weight is 311 g/mol. The molecule has 0 radical (unpaired) electrons. The molecule has 0 unspecified atom stereocenters. The second-order valence-corrected chi connectivity index (χ2v) is 5.60. The Hall–Kier alpha value is -2.82. The summed E-state index contributed by atoms with van der Waals surface area (Å²) in [6, 6.07) is 14.3. The molecule has 0 aliphatic rings. The zero-order valence-electron chi connectivity index (χ0n) is 13.3. The summed E-state index contributed by atoms with van der Waals surface area (Å²) in [5, 5.41) is 3.95. The second kappa shape index (κ2) is 7.98. The molecule has 2 rings (SSSR count). The van der Waals surface area contributed by atoms with Gasteiger partial charge in [-0.05, 0) is 53.9 Å². The fraction of sp³-hybridized carbons (Fsp3) is 0.222. The highest BCUT2D eigenvalue weighted by atomic mass is 16.5. The van der Waals surface area contributed by atoms with Crippen LogP contribution in [0.1, 0.15) is 29.8 Å². The maximum atomic E-state index is 11.9. The van der Waals surface area contributed by atoms with Crippen LogP contribution in [0.3, 0.4) is 0 Å². The highest BCUT2D eigenvalue weighted by molar-refractivity contribution is 5.95. The minimum atomic E-state index is -0.301. The molecule has 0 fully saturated rings. The number of hydrazone groups is 1. The number of carbonyl (C=O) groups excluding carboxylic acids is 1. The van der Waals surface area contributed by atoms with E-state index in [0.717, 1.165) is 11.3 Å². The number of carbonyl (C=O) groups is 1. The number of hydrogen-bond acceptors (Lipinski definition) is 4. The van der Waals surface area contributed by atoms with Crippen molar-refractivity contribution in [2.75, 3.05) is 12.3 Å². The molecule has 5 nitrogen and oxygen atoms in total. The van der Waals surface area contributed by atoms with Crippen LogP contribution in [0.2, 0.25) is 0 Å². The largest absolute Gasteiger partial charge is 0.493 e. The normalized spacial score (nSPS) is 10.9. The molecule has 23 heavy (non-hydrogen) atoms. The predicted molar refractivity (Wildman–Crippen MR) is 92.7 cm³/mol. The number of ether oxygens (including phenoxy) is 1. The summed E-state index contributed by atoms with van der Waals surface area (Å²) in [6.45, 7) is 4.89. The van der Waals surface area contributed by atoms with Gasteiger partial charge in [0.15, 0.2) is 0 Å². The minimum Gasteiger partial charge on any atom is -0.493 e. The van der Waals surface area contributed by atoms with Crippen molar-refractivity contribution in [2.45, 2.75) is 13.8 Å². The van der Waals surface area contributed by atoms with E-state index in [1.165, 1.54) is 0 Å². The van der Waals surface area contributed by atoms with Gasteiger partial charge in [0.25, 0.3) is 5.91 Å². The van der Waals surface area contributed by atoms with Gasteiger partial charge in [-0.15, -0.1) is 0 Å². The Labute approximate surface area is 136 Å². The van der Waals surface area contributed by atoms with Crippen molar-refractivity contribution in [1.29, 1.82) is 0 Å². The second-order valence-electron chi connectivity index (χ2n) is 5.60. The lowest BCUT2D eigenvalue weighted by Crippen LogP contribution is -2.17. The monoisotopic (exact) mass is 311 g/mol. The predicted octanol–water partition coefficient (Wildman–Crippen LogP) is 3.07. The fourth-order valence-electron chi connectivity index (χ4n) is 1.82. The van der Waals surface area contributed by atoms with Gasteiger partial charge >= 0.3 is 0 Å². The van der Waals surface area contributed by atoms with Crippen LogP contribution in [0.15, 0.2) is 53.6 Å². The van der Waals surface area contributed by atoms with Gasteiger partial charge in [-0.1, -0.05) is 19.9 Å². The third-order valence-corrected chi connectivity index (χ3v) is 2.99. The Morgan fingerprint density at radius 1 is 1.26 bits per heavy atom. The van der Waals surface area contributed by atoms with Crippen LogP contribution in [0.4, 0.5) is 5.69 Å². The molecule has 0 saturated carbocycles. The Balaban J connectivity index is 1.89. The number of nitrogens with zero attached hydrogens (tertiary/aromatic N) is 1. The number of nitrogens with one attached hydrogen (secondary N) is 1. The molecule has 1 amide bonds. The van der Waals surface area contributed by atoms with Crippen molar-refractivity contribution in [3.05, 3.63) is 59.7 Å². The number of amides is 1. The number of anilines is 1. The van der Waals surface area contributed by atoms with Crippen molar-refractivity contribution in [1.82, 2.24) is 5.43 Å². The molecule has 2 aromatic rings. The molecule has 2 aromatic carbocycles. The van der Waals surface area contributed by atoms with Crippen LogP contribution < -0.4 is 15.9 Å². The van der Waals surface area contributed by atoms with E-state index in [2.05, 4.69) is 24.4 Å². The molecule has 0 atom stereocenters. The van der Waals surface area contributed by atoms with Crippen molar-refractivity contribution < 1.29 is 9.53 Å². The minimum absolute atomic E-state index is 0.301. The van der Waals surface area contributed by atoms with Crippen LogP contribution in [0, 0.1) is 5.92 Å². The molecule has 3 N–H and O–H groups in total. The van der Waals surface area contributed by atoms with Crippen molar-refractivity contribution in [3.8, 4) is 5.75 Å². The Morgan fingerprint density at radius 3 is 2.65 bits per heavy atom. The lowest BCUT2D eigenvalue weighted by Gasteiger charge is -2.08.